The van der Waals surface area contributed by atoms with Gasteiger partial charge in [-0.3, -0.25) is 4.39 Å². The SMILES string of the molecule is Brc1cc2ccccc2c2oc3c4ccccc4ccc3c12.Brc1ccccc1-c1cc2ccccc2c2oc3c4ccccc4ccc3c12.Brc1ccccc1I.CC1(C)OB(B2OC(C)(C)C(C)(C)O2)OC1(C)C.CC1(C)OB(c2cc3ccccc3c3oc4c5ccccc5ccc4c23)OC1(C)C.Oc1c(-c2ccc3ccccc3c2Br)ccc2ccccc12.[2H]CF. The van der Waals surface area contributed by atoms with E-state index in [1.165, 1.54) is 56.9 Å². The molecule has 648 valence electrons. The molecule has 19 heteroatoms. The molecular formula is C111H93B3Br4FIO10. The molecule has 0 unspecified atom stereocenters. The molecule has 3 saturated heterocycles. The summed E-state index contributed by atoms with van der Waals surface area (Å²) in [5, 5.41) is 35.6. The topological polar surface area (TPSA) is 115 Å². The zero-order valence-electron chi connectivity index (χ0n) is 74.9. The molecule has 0 amide bonds. The van der Waals surface area contributed by atoms with E-state index in [2.05, 4.69) is 363 Å². The Morgan fingerprint density at radius 2 is 0.585 bits per heavy atom. The summed E-state index contributed by atoms with van der Waals surface area (Å²) >= 11 is 16.8. The number of phenols is 1. The molecule has 3 fully saturated rings. The summed E-state index contributed by atoms with van der Waals surface area (Å²) in [4.78, 5) is 0. The summed E-state index contributed by atoms with van der Waals surface area (Å²) in [7, 11) is -2.40. The molecule has 0 saturated carbocycles. The minimum absolute atomic E-state index is 0.328. The Labute approximate surface area is 804 Å². The number of aromatic hydroxyl groups is 1. The third-order valence-corrected chi connectivity index (χ3v) is 30.9. The third-order valence-electron chi connectivity index (χ3n) is 26.4. The quantitative estimate of drug-likeness (QED) is 0.135. The summed E-state index contributed by atoms with van der Waals surface area (Å²) < 4.78 is 77.3. The van der Waals surface area contributed by atoms with Crippen LogP contribution in [0.5, 0.6) is 5.75 Å². The Morgan fingerprint density at radius 3 is 1.02 bits per heavy atom. The number of fused-ring (bicyclic) bond motifs is 23. The Hall–Kier alpha value is -10.2. The molecule has 24 rings (SSSR count). The van der Waals surface area contributed by atoms with Crippen LogP contribution in [-0.4, -0.2) is 67.0 Å². The molecule has 130 heavy (non-hydrogen) atoms. The number of rotatable bonds is 4. The Morgan fingerprint density at radius 1 is 0.277 bits per heavy atom. The zero-order chi connectivity index (χ0) is 91.8. The van der Waals surface area contributed by atoms with Crippen LogP contribution in [0.2, 0.25) is 0 Å². The number of furan rings is 3. The standard InChI is InChI=1S/C26H23BO3.C26H15BrO.C20H11BrO.C20H13BrO.C12H24B2O4.C6H4BrI.CH3F/c1-25(2)26(3,4)30-27(29-25)21-15-17-10-6-8-12-19(17)24-22(21)20-14-13-16-9-5-7-11-18(16)23(20)28-24;27-23-12-6-5-11-20(23)22-15-17-8-2-4-10-19(17)26-24(22)21-14-13-16-7-1-3-9-18(16)25(21)28-26;21-17-11-13-6-2-4-8-15(13)20-18(17)16-10-9-12-5-1-3-7-14(12)19(16)22-20;21-19-15-7-3-1-5-13(15)9-11-17(19)18-12-10-14-6-2-4-8-16(14)20(18)22;1-9(2)10(3,4)16-13(15-9)14-17-11(5,6)12(7,8)18-14;7-5-3-1-2-4-6(5)8;1-2/h5-15H,1-4H3;1-15H;1-11H;1-12,22H;1-8H3;1-4H;1H3/i;;;;;;1D. The predicted molar refractivity (Wildman–Crippen MR) is 565 cm³/mol. The second-order valence-electron chi connectivity index (χ2n) is 35.9. The van der Waals surface area contributed by atoms with Crippen molar-refractivity contribution >= 4 is 265 Å². The van der Waals surface area contributed by atoms with Crippen molar-refractivity contribution in [2.24, 2.45) is 0 Å². The fraction of sp³-hybridized carbons (Fsp3) is 0.171. The number of alkyl halides is 1. The van der Waals surface area contributed by atoms with Gasteiger partial charge in [-0.2, -0.15) is 0 Å². The summed E-state index contributed by atoms with van der Waals surface area (Å²) in [5.41, 5.74) is 8.63. The molecule has 3 aliphatic heterocycles. The van der Waals surface area contributed by atoms with E-state index in [1.54, 1.807) is 0 Å². The summed E-state index contributed by atoms with van der Waals surface area (Å²) in [6, 6.07) is 111. The maximum Gasteiger partial charge on any atom is 0.495 e. The van der Waals surface area contributed by atoms with Gasteiger partial charge in [0.1, 0.15) is 39.2 Å². The highest BCUT2D eigenvalue weighted by atomic mass is 127. The second-order valence-corrected chi connectivity index (χ2v) is 40.4. The Kier molecular flexibility index (Phi) is 24.7. The summed E-state index contributed by atoms with van der Waals surface area (Å²) in [6.45, 7) is 24.6. The van der Waals surface area contributed by atoms with E-state index < -0.39 is 39.5 Å². The minimum Gasteiger partial charge on any atom is -0.507 e. The lowest BCUT2D eigenvalue weighted by atomic mass is 9.49. The number of benzene rings is 18. The van der Waals surface area contributed by atoms with Gasteiger partial charge in [0.2, 0.25) is 0 Å². The first kappa shape index (κ1) is 89.0. The van der Waals surface area contributed by atoms with Gasteiger partial charge >= 0.3 is 21.1 Å². The van der Waals surface area contributed by atoms with E-state index in [1.807, 2.05) is 128 Å². The van der Waals surface area contributed by atoms with Crippen molar-refractivity contribution in [3.05, 3.63) is 343 Å². The predicted octanol–water partition coefficient (Wildman–Crippen LogP) is 33.2. The molecule has 18 aromatic carbocycles. The molecule has 0 aliphatic carbocycles. The van der Waals surface area contributed by atoms with Crippen molar-refractivity contribution in [3.63, 3.8) is 0 Å². The van der Waals surface area contributed by atoms with Gasteiger partial charge < -0.3 is 46.3 Å². The molecule has 0 bridgehead atoms. The Balaban J connectivity index is 0.000000108. The number of halogens is 6. The van der Waals surface area contributed by atoms with Crippen LogP contribution in [0, 0.1) is 3.57 Å². The van der Waals surface area contributed by atoms with Gasteiger partial charge in [-0.15, -0.1) is 0 Å². The molecule has 6 heterocycles. The Bertz CT molecular complexity index is 7810. The normalized spacial score (nSPS) is 15.8. The van der Waals surface area contributed by atoms with Gasteiger partial charge in [0.15, 0.2) is 0 Å². The molecule has 0 atom stereocenters. The molecular weight excluding hydrogens is 1990 g/mol. The first-order valence-electron chi connectivity index (χ1n) is 43.9. The monoisotopic (exact) mass is 2080 g/mol. The van der Waals surface area contributed by atoms with Gasteiger partial charge in [0, 0.05) is 103 Å². The average Bonchev–Trinajstić information content (AvgIpc) is 1.52. The fourth-order valence-electron chi connectivity index (χ4n) is 17.4. The van der Waals surface area contributed by atoms with E-state index in [4.69, 9.17) is 42.5 Å². The zero-order valence-corrected chi connectivity index (χ0v) is 82.4. The second kappa shape index (κ2) is 36.1. The van der Waals surface area contributed by atoms with Crippen molar-refractivity contribution < 1.29 is 52.0 Å². The van der Waals surface area contributed by atoms with E-state index >= 15 is 0 Å². The molecule has 3 aromatic heterocycles. The summed E-state index contributed by atoms with van der Waals surface area (Å²) in [6.07, 6.45) is 0. The van der Waals surface area contributed by atoms with Crippen molar-refractivity contribution in [1.29, 1.82) is 0 Å². The first-order valence-corrected chi connectivity index (χ1v) is 47.5. The highest BCUT2D eigenvalue weighted by Gasteiger charge is 2.64. The largest absolute Gasteiger partial charge is 0.507 e. The fourth-order valence-corrected chi connectivity index (χ4v) is 19.9. The molecule has 10 nitrogen and oxygen atoms in total. The van der Waals surface area contributed by atoms with Gasteiger partial charge in [0.05, 0.1) is 42.1 Å². The van der Waals surface area contributed by atoms with Crippen LogP contribution in [0.3, 0.4) is 0 Å². The molecule has 3 aliphatic rings. The number of hydrogen-bond acceptors (Lipinski definition) is 10. The van der Waals surface area contributed by atoms with E-state index in [0.29, 0.717) is 5.75 Å². The lowest BCUT2D eigenvalue weighted by Gasteiger charge is -2.32. The van der Waals surface area contributed by atoms with Crippen LogP contribution < -0.4 is 5.46 Å². The van der Waals surface area contributed by atoms with Crippen molar-refractivity contribution in [2.75, 3.05) is 7.15 Å². The molecule has 0 radical (unpaired) electrons. The van der Waals surface area contributed by atoms with E-state index in [9.17, 15) is 9.50 Å². The molecule has 21 aromatic rings. The van der Waals surface area contributed by atoms with E-state index in [0.717, 1.165) is 144 Å². The van der Waals surface area contributed by atoms with Gasteiger partial charge in [-0.25, -0.2) is 0 Å². The van der Waals surface area contributed by atoms with Crippen LogP contribution in [0.15, 0.2) is 353 Å². The van der Waals surface area contributed by atoms with Gasteiger partial charge in [0.25, 0.3) is 0 Å². The maximum absolute atomic E-state index is 10.7. The van der Waals surface area contributed by atoms with Crippen LogP contribution in [0.25, 0.3) is 174 Å². The minimum atomic E-state index is -1.00. The lowest BCUT2D eigenvalue weighted by Crippen LogP contribution is -2.41. The average molecular weight is 2090 g/mol. The summed E-state index contributed by atoms with van der Waals surface area (Å²) in [5.74, 6) is 0.328. The van der Waals surface area contributed by atoms with Crippen molar-refractivity contribution in [3.8, 4) is 28.0 Å². The molecule has 0 spiro atoms. The van der Waals surface area contributed by atoms with Crippen molar-refractivity contribution in [1.82, 2.24) is 0 Å². The van der Waals surface area contributed by atoms with Crippen LogP contribution >= 0.6 is 86.3 Å². The highest BCUT2D eigenvalue weighted by Crippen LogP contribution is 2.50. The first-order chi connectivity index (χ1) is 62.8. The lowest BCUT2D eigenvalue weighted by molar-refractivity contribution is 0.00578. The van der Waals surface area contributed by atoms with Crippen LogP contribution in [0.4, 0.5) is 4.39 Å². The van der Waals surface area contributed by atoms with Gasteiger partial charge in [-0.1, -0.05) is 283 Å². The smallest absolute Gasteiger partial charge is 0.495 e. The maximum atomic E-state index is 10.7. The number of hydrogen-bond donors (Lipinski definition) is 1. The van der Waals surface area contributed by atoms with E-state index in [-0.39, 0.29) is 22.4 Å². The molecule has 1 N–H and O–H groups in total. The highest BCUT2D eigenvalue weighted by molar-refractivity contribution is 14.1. The van der Waals surface area contributed by atoms with Crippen LogP contribution in [0.1, 0.15) is 84.5 Å². The van der Waals surface area contributed by atoms with Crippen LogP contribution in [-0.2, 0) is 27.9 Å². The van der Waals surface area contributed by atoms with Gasteiger partial charge in [-0.05, 0) is 273 Å². The third kappa shape index (κ3) is 16.7. The van der Waals surface area contributed by atoms with Crippen molar-refractivity contribution in [2.45, 2.75) is 117 Å². The number of phenolic OH excluding ortho intramolecular Hbond substituents is 1.